The topological polar surface area (TPSA) is 108 Å². The number of aliphatic hydroxyl groups excluding tert-OH is 1. The summed E-state index contributed by atoms with van der Waals surface area (Å²) in [6, 6.07) is -0.806. The van der Waals surface area contributed by atoms with Crippen LogP contribution in [-0.2, 0) is 18.4 Å². The molecule has 80 heavy (non-hydrogen) atoms. The van der Waals surface area contributed by atoms with Crippen molar-refractivity contribution in [1.29, 1.82) is 0 Å². The first-order valence-corrected chi connectivity index (χ1v) is 35.0. The number of hydrogen-bond donors (Lipinski definition) is 2. The first-order chi connectivity index (χ1) is 39.0. The molecule has 1 amide bonds. The molecular weight excluding hydrogens is 1010 g/mol. The summed E-state index contributed by atoms with van der Waals surface area (Å²) in [5.74, 6) is -0.165. The second-order valence-corrected chi connectivity index (χ2v) is 25.2. The van der Waals surface area contributed by atoms with E-state index in [2.05, 4.69) is 116 Å². The van der Waals surface area contributed by atoms with E-state index < -0.39 is 20.0 Å². The molecule has 0 bridgehead atoms. The van der Waals surface area contributed by atoms with E-state index in [1.165, 1.54) is 180 Å². The minimum Gasteiger partial charge on any atom is -0.756 e. The Morgan fingerprint density at radius 3 is 1.11 bits per heavy atom. The van der Waals surface area contributed by atoms with Gasteiger partial charge in [0.2, 0.25) is 5.91 Å². The van der Waals surface area contributed by atoms with Crippen molar-refractivity contribution in [3.63, 3.8) is 0 Å². The molecule has 0 aliphatic rings. The molecule has 0 aromatic rings. The molecule has 0 heterocycles. The minimum absolute atomic E-state index is 0.00994. The zero-order valence-corrected chi connectivity index (χ0v) is 53.9. The second kappa shape index (κ2) is 61.0. The van der Waals surface area contributed by atoms with Crippen molar-refractivity contribution in [2.75, 3.05) is 40.9 Å². The quantitative estimate of drug-likeness (QED) is 0.0272. The number of phosphoric acid groups is 1. The highest BCUT2D eigenvalue weighted by atomic mass is 31.2. The van der Waals surface area contributed by atoms with Crippen LogP contribution in [0.25, 0.3) is 0 Å². The minimum atomic E-state index is -4.58. The fraction of sp³-hybridized carbons (Fsp3) is 0.761. The highest BCUT2D eigenvalue weighted by molar-refractivity contribution is 7.45. The number of carbonyl (C=O) groups excluding carboxylic acids is 1. The highest BCUT2D eigenvalue weighted by Crippen LogP contribution is 2.38. The number of nitrogens with one attached hydrogen (secondary N) is 1. The van der Waals surface area contributed by atoms with E-state index in [9.17, 15) is 19.4 Å². The molecule has 3 unspecified atom stereocenters. The van der Waals surface area contributed by atoms with Gasteiger partial charge >= 0.3 is 0 Å². The summed E-state index contributed by atoms with van der Waals surface area (Å²) in [7, 11) is 1.31. The van der Waals surface area contributed by atoms with E-state index in [1.54, 1.807) is 0 Å². The summed E-state index contributed by atoms with van der Waals surface area (Å²) < 4.78 is 23.5. The highest BCUT2D eigenvalue weighted by Gasteiger charge is 2.24. The normalized spacial score (nSPS) is 14.3. The number of quaternary nitrogens is 1. The SMILES string of the molecule is CC/C=C\C/C=C\C/C=C\C/C=C\C/C=C\C/C=C\C/C=C\C/C=C\CCCCCCCCCCCCCCCCC(=O)NC(COP(=O)([O-])OCC[N+](C)(C)C)C(O)CCCCCCCCCCCCCCCCCCCCC. The number of hydrogen-bond acceptors (Lipinski definition) is 6. The fourth-order valence-electron chi connectivity index (χ4n) is 9.65. The Labute approximate surface area is 496 Å². The van der Waals surface area contributed by atoms with Gasteiger partial charge < -0.3 is 28.8 Å². The number of allylic oxidation sites excluding steroid dienone is 16. The lowest BCUT2D eigenvalue weighted by molar-refractivity contribution is -0.870. The third kappa shape index (κ3) is 63.0. The molecule has 0 radical (unpaired) electrons. The fourth-order valence-corrected chi connectivity index (χ4v) is 10.4. The van der Waals surface area contributed by atoms with Crippen LogP contribution in [0.4, 0.5) is 0 Å². The maximum Gasteiger partial charge on any atom is 0.268 e. The Kier molecular flexibility index (Phi) is 59.0. The molecule has 0 fully saturated rings. The van der Waals surface area contributed by atoms with Gasteiger partial charge in [-0.1, -0.05) is 310 Å². The van der Waals surface area contributed by atoms with Crippen molar-refractivity contribution >= 4 is 13.7 Å². The smallest absolute Gasteiger partial charge is 0.268 e. The maximum atomic E-state index is 13.0. The van der Waals surface area contributed by atoms with Gasteiger partial charge in [0, 0.05) is 6.42 Å². The lowest BCUT2D eigenvalue weighted by atomic mass is 10.0. The molecule has 0 saturated carbocycles. The molecule has 0 aliphatic carbocycles. The van der Waals surface area contributed by atoms with Gasteiger partial charge in [-0.25, -0.2) is 0 Å². The van der Waals surface area contributed by atoms with Crippen LogP contribution in [-0.4, -0.2) is 68.5 Å². The van der Waals surface area contributed by atoms with Gasteiger partial charge in [0.05, 0.1) is 39.9 Å². The standard InChI is InChI=1S/C71H129N2O6P/c1-6-8-10-12-14-16-18-20-22-24-26-27-28-29-30-31-32-33-34-35-36-37-38-39-40-41-42-43-44-45-47-49-51-53-55-57-59-61-63-65-71(75)72-69(68-79-80(76,77)78-67-66-73(3,4)5)70(74)64-62-60-58-56-54-52-50-48-46-25-23-21-19-17-15-13-11-9-7-2/h8,10,14,16,20,22,26-27,29-30,32-33,35-36,38-39,69-70,74H,6-7,9,11-13,15,17-19,21,23-25,28,31,34,37,40-68H2,1-5H3,(H-,72,75,76,77)/b10-8-,16-14-,22-20-,27-26-,30-29-,33-32-,36-35-,39-38-. The first kappa shape index (κ1) is 77.4. The van der Waals surface area contributed by atoms with Gasteiger partial charge in [-0.3, -0.25) is 9.36 Å². The average Bonchev–Trinajstić information content (AvgIpc) is 3.42. The molecule has 2 N–H and O–H groups in total. The van der Waals surface area contributed by atoms with Crippen LogP contribution >= 0.6 is 7.82 Å². The first-order valence-electron chi connectivity index (χ1n) is 33.6. The van der Waals surface area contributed by atoms with Gasteiger partial charge in [0.25, 0.3) is 7.82 Å². The third-order valence-electron chi connectivity index (χ3n) is 14.8. The Bertz CT molecular complexity index is 1620. The Balaban J connectivity index is 4.03. The zero-order valence-electron chi connectivity index (χ0n) is 53.0. The monoisotopic (exact) mass is 1140 g/mol. The molecule has 0 aromatic carbocycles. The van der Waals surface area contributed by atoms with Gasteiger partial charge in [0.1, 0.15) is 13.2 Å². The van der Waals surface area contributed by atoms with E-state index in [0.29, 0.717) is 23.9 Å². The van der Waals surface area contributed by atoms with Crippen LogP contribution in [0.3, 0.4) is 0 Å². The molecule has 3 atom stereocenters. The van der Waals surface area contributed by atoms with Gasteiger partial charge in [0.15, 0.2) is 0 Å². The average molecular weight is 1140 g/mol. The zero-order chi connectivity index (χ0) is 58.4. The van der Waals surface area contributed by atoms with Crippen molar-refractivity contribution in [1.82, 2.24) is 5.32 Å². The Hall–Kier alpha value is -2.58. The number of rotatable bonds is 61. The van der Waals surface area contributed by atoms with E-state index in [1.807, 2.05) is 21.1 Å². The van der Waals surface area contributed by atoms with Crippen molar-refractivity contribution in [2.24, 2.45) is 0 Å². The number of nitrogens with zero attached hydrogens (tertiary/aromatic N) is 1. The summed E-state index contributed by atoms with van der Waals surface area (Å²) in [5, 5.41) is 14.1. The molecule has 8 nitrogen and oxygen atoms in total. The number of aliphatic hydroxyl groups is 1. The van der Waals surface area contributed by atoms with Crippen molar-refractivity contribution in [2.45, 2.75) is 309 Å². The number of unbranched alkanes of at least 4 members (excludes halogenated alkanes) is 32. The molecule has 0 saturated heterocycles. The molecule has 464 valence electrons. The summed E-state index contributed by atoms with van der Waals surface area (Å²) in [6.45, 7) is 4.63. The molecular formula is C71H129N2O6P. The summed E-state index contributed by atoms with van der Waals surface area (Å²) in [4.78, 5) is 25.6. The predicted octanol–water partition coefficient (Wildman–Crippen LogP) is 20.7. The number of phosphoric ester groups is 1. The molecule has 0 aromatic heterocycles. The van der Waals surface area contributed by atoms with Crippen LogP contribution in [0.15, 0.2) is 97.2 Å². The third-order valence-corrected chi connectivity index (χ3v) is 15.8. The van der Waals surface area contributed by atoms with Crippen molar-refractivity contribution in [3.05, 3.63) is 97.2 Å². The van der Waals surface area contributed by atoms with Crippen molar-refractivity contribution < 1.29 is 32.9 Å². The van der Waals surface area contributed by atoms with Gasteiger partial charge in [-0.15, -0.1) is 0 Å². The van der Waals surface area contributed by atoms with Crippen molar-refractivity contribution in [3.8, 4) is 0 Å². The number of carbonyl (C=O) groups is 1. The molecule has 0 rings (SSSR count). The maximum absolute atomic E-state index is 13.0. The Morgan fingerprint density at radius 1 is 0.450 bits per heavy atom. The largest absolute Gasteiger partial charge is 0.756 e. The van der Waals surface area contributed by atoms with Crippen LogP contribution in [0.5, 0.6) is 0 Å². The van der Waals surface area contributed by atoms with Crippen LogP contribution in [0.1, 0.15) is 296 Å². The van der Waals surface area contributed by atoms with Gasteiger partial charge in [-0.2, -0.15) is 0 Å². The second-order valence-electron chi connectivity index (χ2n) is 23.8. The number of amides is 1. The van der Waals surface area contributed by atoms with E-state index in [-0.39, 0.29) is 19.1 Å². The van der Waals surface area contributed by atoms with E-state index >= 15 is 0 Å². The summed E-state index contributed by atoms with van der Waals surface area (Å²) >= 11 is 0. The lowest BCUT2D eigenvalue weighted by Crippen LogP contribution is -2.46. The van der Waals surface area contributed by atoms with Gasteiger partial charge in [-0.05, 0) is 77.0 Å². The summed E-state index contributed by atoms with van der Waals surface area (Å²) in [5.41, 5.74) is 0. The van der Waals surface area contributed by atoms with Crippen LogP contribution < -0.4 is 10.2 Å². The van der Waals surface area contributed by atoms with Crippen LogP contribution in [0, 0.1) is 0 Å². The summed E-state index contributed by atoms with van der Waals surface area (Å²) in [6.07, 6.45) is 87.5. The lowest BCUT2D eigenvalue weighted by Gasteiger charge is -2.30. The van der Waals surface area contributed by atoms with E-state index in [0.717, 1.165) is 89.9 Å². The van der Waals surface area contributed by atoms with Crippen LogP contribution in [0.2, 0.25) is 0 Å². The molecule has 9 heteroatoms. The van der Waals surface area contributed by atoms with E-state index in [4.69, 9.17) is 9.05 Å². The predicted molar refractivity (Wildman–Crippen MR) is 348 cm³/mol. The molecule has 0 spiro atoms. The Morgan fingerprint density at radius 2 is 0.762 bits per heavy atom. The molecule has 0 aliphatic heterocycles. The number of likely N-dealkylation sites (N-methyl/N-ethyl adjacent to an activating group) is 1.